The monoisotopic (exact) mass is 264 g/mol. The molecule has 2 N–H and O–H groups in total. The topological polar surface area (TPSA) is 47.7 Å². The fourth-order valence-electron chi connectivity index (χ4n) is 2.50. The van der Waals surface area contributed by atoms with Crippen molar-refractivity contribution in [1.82, 2.24) is 0 Å². The normalized spacial score (nSPS) is 19.5. The van der Waals surface area contributed by atoms with Crippen molar-refractivity contribution < 1.29 is 9.47 Å². The quantitative estimate of drug-likeness (QED) is 0.831. The van der Waals surface area contributed by atoms with Gasteiger partial charge in [0.1, 0.15) is 5.75 Å². The predicted molar refractivity (Wildman–Crippen MR) is 78.9 cm³/mol. The van der Waals surface area contributed by atoms with Crippen molar-refractivity contribution in [1.29, 1.82) is 0 Å². The van der Waals surface area contributed by atoms with Gasteiger partial charge in [0.25, 0.3) is 0 Å². The van der Waals surface area contributed by atoms with E-state index in [0.29, 0.717) is 12.7 Å². The Hall–Kier alpha value is -1.42. The Balaban J connectivity index is 2.14. The number of hydrogen-bond donors (Lipinski definition) is 1. The maximum atomic E-state index is 6.23. The molecule has 1 aliphatic heterocycles. The number of piperidine rings is 1. The molecule has 106 valence electrons. The summed E-state index contributed by atoms with van der Waals surface area (Å²) in [5.74, 6) is 0.791. The van der Waals surface area contributed by atoms with Crippen LogP contribution in [-0.4, -0.2) is 32.9 Å². The van der Waals surface area contributed by atoms with Gasteiger partial charge in [-0.2, -0.15) is 0 Å². The highest BCUT2D eigenvalue weighted by molar-refractivity contribution is 5.74. The van der Waals surface area contributed by atoms with Crippen molar-refractivity contribution in [3.63, 3.8) is 0 Å². The van der Waals surface area contributed by atoms with Crippen LogP contribution in [0.3, 0.4) is 0 Å². The van der Waals surface area contributed by atoms with Crippen LogP contribution in [0.1, 0.15) is 26.2 Å². The van der Waals surface area contributed by atoms with Gasteiger partial charge in [0.05, 0.1) is 24.1 Å². The number of ether oxygens (including phenoxy) is 2. The van der Waals surface area contributed by atoms with E-state index >= 15 is 0 Å². The van der Waals surface area contributed by atoms with E-state index in [4.69, 9.17) is 15.2 Å². The smallest absolute Gasteiger partial charge is 0.144 e. The summed E-state index contributed by atoms with van der Waals surface area (Å²) in [6.45, 7) is 4.72. The molecule has 1 fully saturated rings. The number of anilines is 2. The molecule has 1 saturated heterocycles. The number of nitrogens with two attached hydrogens (primary N) is 1. The molecule has 4 heteroatoms. The van der Waals surface area contributed by atoms with E-state index in [1.165, 1.54) is 0 Å². The molecular formula is C15H24N2O2. The van der Waals surface area contributed by atoms with E-state index < -0.39 is 0 Å². The minimum Gasteiger partial charge on any atom is -0.491 e. The van der Waals surface area contributed by atoms with Gasteiger partial charge in [-0.25, -0.2) is 0 Å². The number of hydrogen-bond acceptors (Lipinski definition) is 4. The highest BCUT2D eigenvalue weighted by Gasteiger charge is 2.21. The SMILES string of the molecule is CCCOc1cccc(N2CCCC(OC)C2)c1N. The number of nitrogens with zero attached hydrogens (tertiary/aromatic N) is 1. The number of rotatable bonds is 5. The fraction of sp³-hybridized carbons (Fsp3) is 0.600. The molecular weight excluding hydrogens is 240 g/mol. The second-order valence-corrected chi connectivity index (χ2v) is 4.98. The van der Waals surface area contributed by atoms with E-state index in [9.17, 15) is 0 Å². The third-order valence-electron chi connectivity index (χ3n) is 3.56. The Morgan fingerprint density at radius 3 is 3.00 bits per heavy atom. The zero-order valence-corrected chi connectivity index (χ0v) is 11.9. The molecule has 0 saturated carbocycles. The van der Waals surface area contributed by atoms with Crippen LogP contribution in [0, 0.1) is 0 Å². The Bertz CT molecular complexity index is 409. The van der Waals surface area contributed by atoms with Gasteiger partial charge in [0, 0.05) is 20.2 Å². The average Bonchev–Trinajstić information content (AvgIpc) is 2.46. The molecule has 0 aliphatic carbocycles. The van der Waals surface area contributed by atoms with E-state index in [0.717, 1.165) is 49.5 Å². The van der Waals surface area contributed by atoms with E-state index in [1.54, 1.807) is 7.11 Å². The standard InChI is InChI=1S/C15H24N2O2/c1-3-10-19-14-8-4-7-13(15(14)16)17-9-5-6-12(11-17)18-2/h4,7-8,12H,3,5-6,9-11,16H2,1-2H3. The van der Waals surface area contributed by atoms with Gasteiger partial charge >= 0.3 is 0 Å². The van der Waals surface area contributed by atoms with Crippen molar-refractivity contribution in [2.24, 2.45) is 0 Å². The Kier molecular flexibility index (Phi) is 4.91. The molecule has 0 amide bonds. The number of benzene rings is 1. The van der Waals surface area contributed by atoms with Crippen LogP contribution in [0.2, 0.25) is 0 Å². The van der Waals surface area contributed by atoms with Gasteiger partial charge in [0.15, 0.2) is 0 Å². The molecule has 0 radical (unpaired) electrons. The average molecular weight is 264 g/mol. The number of methoxy groups -OCH3 is 1. The summed E-state index contributed by atoms with van der Waals surface area (Å²) in [5, 5.41) is 0. The molecule has 1 aromatic rings. The molecule has 0 spiro atoms. The van der Waals surface area contributed by atoms with Gasteiger partial charge in [-0.15, -0.1) is 0 Å². The summed E-state index contributed by atoms with van der Waals surface area (Å²) in [6.07, 6.45) is 3.55. The highest BCUT2D eigenvalue weighted by Crippen LogP contribution is 2.34. The van der Waals surface area contributed by atoms with Crippen LogP contribution < -0.4 is 15.4 Å². The third-order valence-corrected chi connectivity index (χ3v) is 3.56. The first kappa shape index (κ1) is 14.0. The van der Waals surface area contributed by atoms with Crippen LogP contribution in [0.15, 0.2) is 18.2 Å². The largest absolute Gasteiger partial charge is 0.491 e. The molecule has 19 heavy (non-hydrogen) atoms. The van der Waals surface area contributed by atoms with E-state index in [2.05, 4.69) is 17.9 Å². The maximum absolute atomic E-state index is 6.23. The molecule has 4 nitrogen and oxygen atoms in total. The Morgan fingerprint density at radius 2 is 2.26 bits per heavy atom. The van der Waals surface area contributed by atoms with Crippen LogP contribution in [0.5, 0.6) is 5.75 Å². The molecule has 0 bridgehead atoms. The van der Waals surface area contributed by atoms with Gasteiger partial charge in [0.2, 0.25) is 0 Å². The minimum absolute atomic E-state index is 0.299. The predicted octanol–water partition coefficient (Wildman–Crippen LogP) is 2.67. The summed E-state index contributed by atoms with van der Waals surface area (Å²) in [4.78, 5) is 2.30. The molecule has 1 atom stereocenters. The molecule has 0 aromatic heterocycles. The maximum Gasteiger partial charge on any atom is 0.144 e. The van der Waals surface area contributed by atoms with Gasteiger partial charge < -0.3 is 20.1 Å². The molecule has 1 heterocycles. The molecule has 1 aromatic carbocycles. The summed E-state index contributed by atoms with van der Waals surface area (Å²) in [5.41, 5.74) is 8.04. The van der Waals surface area contributed by atoms with E-state index in [1.807, 2.05) is 12.1 Å². The highest BCUT2D eigenvalue weighted by atomic mass is 16.5. The molecule has 1 aliphatic rings. The first-order valence-corrected chi connectivity index (χ1v) is 7.05. The van der Waals surface area contributed by atoms with E-state index in [-0.39, 0.29) is 0 Å². The third kappa shape index (κ3) is 3.32. The van der Waals surface area contributed by atoms with Crippen LogP contribution >= 0.6 is 0 Å². The Morgan fingerprint density at radius 1 is 1.42 bits per heavy atom. The first-order chi connectivity index (χ1) is 9.26. The lowest BCUT2D eigenvalue weighted by Gasteiger charge is -2.34. The van der Waals surface area contributed by atoms with Crippen LogP contribution in [0.4, 0.5) is 11.4 Å². The number of nitrogen functional groups attached to an aromatic ring is 1. The summed E-state index contributed by atoms with van der Waals surface area (Å²) in [7, 11) is 1.78. The lowest BCUT2D eigenvalue weighted by molar-refractivity contribution is 0.0893. The van der Waals surface area contributed by atoms with Crippen molar-refractivity contribution >= 4 is 11.4 Å². The summed E-state index contributed by atoms with van der Waals surface area (Å²) in [6, 6.07) is 6.01. The van der Waals surface area contributed by atoms with Gasteiger partial charge in [-0.05, 0) is 31.4 Å². The van der Waals surface area contributed by atoms with Crippen molar-refractivity contribution in [3.05, 3.63) is 18.2 Å². The van der Waals surface area contributed by atoms with Crippen molar-refractivity contribution in [3.8, 4) is 5.75 Å². The fourth-order valence-corrected chi connectivity index (χ4v) is 2.50. The lowest BCUT2D eigenvalue weighted by Crippen LogP contribution is -2.39. The Labute approximate surface area is 115 Å². The second-order valence-electron chi connectivity index (χ2n) is 4.98. The zero-order chi connectivity index (χ0) is 13.7. The molecule has 1 unspecified atom stereocenters. The second kappa shape index (κ2) is 6.66. The molecule has 2 rings (SSSR count). The van der Waals surface area contributed by atoms with Gasteiger partial charge in [-0.3, -0.25) is 0 Å². The minimum atomic E-state index is 0.299. The van der Waals surface area contributed by atoms with Crippen LogP contribution in [-0.2, 0) is 4.74 Å². The lowest BCUT2D eigenvalue weighted by atomic mass is 10.1. The summed E-state index contributed by atoms with van der Waals surface area (Å²) < 4.78 is 11.2. The number of para-hydroxylation sites is 1. The van der Waals surface area contributed by atoms with Gasteiger partial charge in [-0.1, -0.05) is 13.0 Å². The first-order valence-electron chi connectivity index (χ1n) is 7.05. The summed E-state index contributed by atoms with van der Waals surface area (Å²) >= 11 is 0. The van der Waals surface area contributed by atoms with Crippen molar-refractivity contribution in [2.45, 2.75) is 32.3 Å². The van der Waals surface area contributed by atoms with Crippen LogP contribution in [0.25, 0.3) is 0 Å². The zero-order valence-electron chi connectivity index (χ0n) is 11.9. The van der Waals surface area contributed by atoms with Crippen molar-refractivity contribution in [2.75, 3.05) is 37.4 Å².